The smallest absolute Gasteiger partial charge is 0.394 e. The Labute approximate surface area is 116 Å². The third-order valence-corrected chi connectivity index (χ3v) is 3.28. The molecule has 1 unspecified atom stereocenters. The zero-order valence-corrected chi connectivity index (χ0v) is 11.4. The van der Waals surface area contributed by atoms with E-state index in [0.717, 1.165) is 6.07 Å². The molecule has 1 aromatic rings. The topological polar surface area (TPSA) is 45.6 Å². The zero-order chi connectivity index (χ0) is 14.0. The molecule has 0 radical (unpaired) electrons. The molecular weight excluding hydrogens is 329 g/mol. The van der Waals surface area contributed by atoms with Crippen LogP contribution in [0.3, 0.4) is 0 Å². The molecule has 2 heterocycles. The van der Waals surface area contributed by atoms with Crippen LogP contribution in [0.25, 0.3) is 0 Å². The van der Waals surface area contributed by atoms with E-state index in [1.54, 1.807) is 0 Å². The summed E-state index contributed by atoms with van der Waals surface area (Å²) in [6.07, 6.45) is -3.18. The summed E-state index contributed by atoms with van der Waals surface area (Å²) in [5, 5.41) is 9.23. The first-order valence-electron chi connectivity index (χ1n) is 5.61. The Balaban J connectivity index is 2.43. The molecule has 8 heteroatoms. The Morgan fingerprint density at radius 3 is 2.89 bits per heavy atom. The van der Waals surface area contributed by atoms with Crippen LogP contribution in [0, 0.1) is 0 Å². The van der Waals surface area contributed by atoms with Crippen molar-refractivity contribution >= 4 is 21.7 Å². The molecular formula is C11H12BrF3N2O2. The number of nitrogens with zero attached hydrogens (tertiary/aromatic N) is 2. The van der Waals surface area contributed by atoms with E-state index >= 15 is 0 Å². The van der Waals surface area contributed by atoms with Gasteiger partial charge >= 0.3 is 6.18 Å². The first-order valence-corrected chi connectivity index (χ1v) is 6.40. The van der Waals surface area contributed by atoms with Crippen molar-refractivity contribution in [3.63, 3.8) is 0 Å². The van der Waals surface area contributed by atoms with Gasteiger partial charge < -0.3 is 14.7 Å². The van der Waals surface area contributed by atoms with Gasteiger partial charge in [-0.05, 0) is 22.0 Å². The van der Waals surface area contributed by atoms with Gasteiger partial charge in [0.25, 0.3) is 0 Å². The molecule has 1 aromatic heterocycles. The lowest BCUT2D eigenvalue weighted by atomic mass is 10.1. The van der Waals surface area contributed by atoms with Crippen LogP contribution in [0.4, 0.5) is 19.0 Å². The van der Waals surface area contributed by atoms with E-state index < -0.39 is 17.8 Å². The number of aliphatic hydroxyl groups is 1. The zero-order valence-electron chi connectivity index (χ0n) is 9.82. The Morgan fingerprint density at radius 2 is 2.26 bits per heavy atom. The fraction of sp³-hybridized carbons (Fsp3) is 0.545. The van der Waals surface area contributed by atoms with Crippen molar-refractivity contribution in [2.24, 2.45) is 0 Å². The minimum Gasteiger partial charge on any atom is -0.394 e. The molecule has 0 spiro atoms. The highest BCUT2D eigenvalue weighted by atomic mass is 79.9. The van der Waals surface area contributed by atoms with Gasteiger partial charge in [-0.1, -0.05) is 0 Å². The predicted molar refractivity (Wildman–Crippen MR) is 66.0 cm³/mol. The second-order valence-corrected chi connectivity index (χ2v) is 5.04. The minimum absolute atomic E-state index is 0.168. The summed E-state index contributed by atoms with van der Waals surface area (Å²) in [7, 11) is 0. The van der Waals surface area contributed by atoms with Crippen LogP contribution >= 0.6 is 15.9 Å². The first kappa shape index (κ1) is 14.5. The van der Waals surface area contributed by atoms with Crippen LogP contribution in [0.5, 0.6) is 0 Å². The molecule has 19 heavy (non-hydrogen) atoms. The lowest BCUT2D eigenvalue weighted by molar-refractivity contribution is -0.137. The molecule has 1 saturated heterocycles. The normalized spacial score (nSPS) is 20.7. The van der Waals surface area contributed by atoms with Gasteiger partial charge in [0.2, 0.25) is 0 Å². The van der Waals surface area contributed by atoms with Crippen LogP contribution in [0.1, 0.15) is 5.56 Å². The SMILES string of the molecule is OCC1COCCN1c1ncc(Br)cc1C(F)(F)F. The van der Waals surface area contributed by atoms with Crippen molar-refractivity contribution in [2.75, 3.05) is 31.3 Å². The molecule has 1 fully saturated rings. The Hall–Kier alpha value is -0.860. The second-order valence-electron chi connectivity index (χ2n) is 4.13. The quantitative estimate of drug-likeness (QED) is 0.895. The number of hydrogen-bond donors (Lipinski definition) is 1. The summed E-state index contributed by atoms with van der Waals surface area (Å²) in [6, 6.07) is 0.482. The van der Waals surface area contributed by atoms with E-state index in [-0.39, 0.29) is 30.0 Å². The van der Waals surface area contributed by atoms with Crippen molar-refractivity contribution in [3.8, 4) is 0 Å². The molecule has 0 bridgehead atoms. The number of morpholine rings is 1. The molecule has 0 saturated carbocycles. The van der Waals surface area contributed by atoms with Gasteiger partial charge in [-0.3, -0.25) is 0 Å². The molecule has 0 aromatic carbocycles. The molecule has 1 aliphatic heterocycles. The van der Waals surface area contributed by atoms with E-state index in [9.17, 15) is 18.3 Å². The molecule has 0 aliphatic carbocycles. The average molecular weight is 341 g/mol. The maximum Gasteiger partial charge on any atom is 0.419 e. The summed E-state index contributed by atoms with van der Waals surface area (Å²) in [6.45, 7) is 0.481. The Kier molecular flexibility index (Phi) is 4.32. The molecule has 0 amide bonds. The van der Waals surface area contributed by atoms with Gasteiger partial charge in [-0.15, -0.1) is 0 Å². The number of alkyl halides is 3. The van der Waals surface area contributed by atoms with E-state index in [1.807, 2.05) is 0 Å². The second kappa shape index (κ2) is 5.64. The molecule has 4 nitrogen and oxygen atoms in total. The van der Waals surface area contributed by atoms with Crippen molar-refractivity contribution in [2.45, 2.75) is 12.2 Å². The Bertz CT molecular complexity index is 456. The fourth-order valence-electron chi connectivity index (χ4n) is 1.95. The monoisotopic (exact) mass is 340 g/mol. The average Bonchev–Trinajstić information content (AvgIpc) is 2.37. The summed E-state index contributed by atoms with van der Waals surface area (Å²) < 4.78 is 44.5. The summed E-state index contributed by atoms with van der Waals surface area (Å²) in [5.74, 6) is -0.168. The van der Waals surface area contributed by atoms with E-state index in [1.165, 1.54) is 11.1 Å². The summed E-state index contributed by atoms with van der Waals surface area (Å²) in [4.78, 5) is 5.30. The van der Waals surface area contributed by atoms with Crippen LogP contribution in [-0.4, -0.2) is 42.5 Å². The lowest BCUT2D eigenvalue weighted by Gasteiger charge is -2.36. The largest absolute Gasteiger partial charge is 0.419 e. The molecule has 1 N–H and O–H groups in total. The molecule has 1 aliphatic rings. The van der Waals surface area contributed by atoms with E-state index in [0.29, 0.717) is 6.61 Å². The highest BCUT2D eigenvalue weighted by Crippen LogP contribution is 2.37. The number of ether oxygens (including phenoxy) is 1. The Morgan fingerprint density at radius 1 is 1.53 bits per heavy atom. The number of aromatic nitrogens is 1. The fourth-order valence-corrected chi connectivity index (χ4v) is 2.29. The van der Waals surface area contributed by atoms with Crippen molar-refractivity contribution in [1.82, 2.24) is 4.98 Å². The van der Waals surface area contributed by atoms with Crippen LogP contribution in [-0.2, 0) is 10.9 Å². The van der Waals surface area contributed by atoms with Crippen LogP contribution in [0.15, 0.2) is 16.7 Å². The molecule has 106 valence electrons. The molecule has 2 rings (SSSR count). The first-order chi connectivity index (χ1) is 8.93. The molecule has 1 atom stereocenters. The van der Waals surface area contributed by atoms with Crippen molar-refractivity contribution in [1.29, 1.82) is 0 Å². The van der Waals surface area contributed by atoms with Crippen molar-refractivity contribution < 1.29 is 23.0 Å². The van der Waals surface area contributed by atoms with Gasteiger partial charge in [0, 0.05) is 17.2 Å². The van der Waals surface area contributed by atoms with Crippen molar-refractivity contribution in [3.05, 3.63) is 22.3 Å². The van der Waals surface area contributed by atoms with E-state index in [4.69, 9.17) is 4.74 Å². The van der Waals surface area contributed by atoms with Gasteiger partial charge in [0.1, 0.15) is 5.82 Å². The number of pyridine rings is 1. The van der Waals surface area contributed by atoms with Crippen LogP contribution in [0.2, 0.25) is 0 Å². The lowest BCUT2D eigenvalue weighted by Crippen LogP contribution is -2.48. The standard InChI is InChI=1S/C11H12BrF3N2O2/c12-7-3-9(11(13,14)15)10(16-4-7)17-1-2-19-6-8(17)5-18/h3-4,8,18H,1-2,5-6H2. The maximum atomic E-state index is 13.0. The van der Waals surface area contributed by atoms with Gasteiger partial charge in [0.15, 0.2) is 0 Å². The highest BCUT2D eigenvalue weighted by Gasteiger charge is 2.38. The van der Waals surface area contributed by atoms with E-state index in [2.05, 4.69) is 20.9 Å². The third-order valence-electron chi connectivity index (χ3n) is 2.85. The highest BCUT2D eigenvalue weighted by molar-refractivity contribution is 9.10. The summed E-state index contributed by atoms with van der Waals surface area (Å²) in [5.41, 5.74) is -0.817. The summed E-state index contributed by atoms with van der Waals surface area (Å²) >= 11 is 2.99. The van der Waals surface area contributed by atoms with Gasteiger partial charge in [-0.25, -0.2) is 4.98 Å². The number of halogens is 4. The maximum absolute atomic E-state index is 13.0. The van der Waals surface area contributed by atoms with Crippen LogP contribution < -0.4 is 4.90 Å². The van der Waals surface area contributed by atoms with Gasteiger partial charge in [0.05, 0.1) is 31.4 Å². The number of anilines is 1. The minimum atomic E-state index is -4.50. The van der Waals surface area contributed by atoms with Gasteiger partial charge in [-0.2, -0.15) is 13.2 Å². The third kappa shape index (κ3) is 3.18. The predicted octanol–water partition coefficient (Wildman–Crippen LogP) is 2.06. The number of aliphatic hydroxyl groups excluding tert-OH is 1. The number of hydrogen-bond acceptors (Lipinski definition) is 4. The number of rotatable bonds is 2.